The van der Waals surface area contributed by atoms with Crippen LogP contribution in [-0.2, 0) is 29.8 Å². The standard InChI is InChI=1S/C13H20Cl3N4O7P/c1-4-24-11(21)10-7-19(18-17-10)9-20(12(22)25-8-13(14,15)16)28(23,26-5-2)27-6-3/h7H,4-6,8-9H2,1-3H3. The van der Waals surface area contributed by atoms with Crippen LogP contribution in [0.1, 0.15) is 31.3 Å². The molecule has 15 heteroatoms. The van der Waals surface area contributed by atoms with Crippen LogP contribution in [0, 0.1) is 0 Å². The summed E-state index contributed by atoms with van der Waals surface area (Å²) >= 11 is 16.7. The lowest BCUT2D eigenvalue weighted by Gasteiger charge is -2.28. The monoisotopic (exact) mass is 480 g/mol. The van der Waals surface area contributed by atoms with Gasteiger partial charge in [-0.3, -0.25) is 9.05 Å². The summed E-state index contributed by atoms with van der Waals surface area (Å²) in [5, 5.41) is 7.32. The lowest BCUT2D eigenvalue weighted by atomic mass is 10.5. The van der Waals surface area contributed by atoms with Crippen LogP contribution >= 0.6 is 42.5 Å². The maximum Gasteiger partial charge on any atom is 0.441 e. The fourth-order valence-electron chi connectivity index (χ4n) is 1.76. The summed E-state index contributed by atoms with van der Waals surface area (Å²) in [5.74, 6) is -0.711. The molecule has 1 rings (SSSR count). The smallest absolute Gasteiger partial charge is 0.441 e. The van der Waals surface area contributed by atoms with Crippen molar-refractivity contribution in [1.29, 1.82) is 0 Å². The van der Waals surface area contributed by atoms with E-state index in [0.29, 0.717) is 4.67 Å². The molecular weight excluding hydrogens is 461 g/mol. The Morgan fingerprint density at radius 2 is 1.75 bits per heavy atom. The molecule has 28 heavy (non-hydrogen) atoms. The van der Waals surface area contributed by atoms with Gasteiger partial charge in [-0.1, -0.05) is 40.0 Å². The molecule has 160 valence electrons. The Hall–Kier alpha value is -1.10. The van der Waals surface area contributed by atoms with E-state index < -0.39 is 36.9 Å². The molecule has 0 N–H and O–H groups in total. The average molecular weight is 482 g/mol. The van der Waals surface area contributed by atoms with Gasteiger partial charge >= 0.3 is 19.8 Å². The van der Waals surface area contributed by atoms with Crippen LogP contribution in [0.4, 0.5) is 4.79 Å². The van der Waals surface area contributed by atoms with Gasteiger partial charge in [-0.05, 0) is 20.8 Å². The number of aromatic nitrogens is 3. The quantitative estimate of drug-likeness (QED) is 0.281. The number of nitrogens with zero attached hydrogens (tertiary/aromatic N) is 4. The zero-order valence-corrected chi connectivity index (χ0v) is 18.5. The number of esters is 1. The molecular formula is C13H20Cl3N4O7P. The minimum atomic E-state index is -4.14. The first-order valence-electron chi connectivity index (χ1n) is 8.04. The van der Waals surface area contributed by atoms with Gasteiger partial charge in [-0.15, -0.1) is 5.10 Å². The van der Waals surface area contributed by atoms with Crippen LogP contribution in [0.25, 0.3) is 0 Å². The fraction of sp³-hybridized carbons (Fsp3) is 0.692. The number of halogens is 3. The first-order valence-corrected chi connectivity index (χ1v) is 10.7. The Morgan fingerprint density at radius 3 is 2.25 bits per heavy atom. The second-order valence-electron chi connectivity index (χ2n) is 4.88. The minimum absolute atomic E-state index is 0.0308. The van der Waals surface area contributed by atoms with Crippen molar-refractivity contribution in [3.63, 3.8) is 0 Å². The highest BCUT2D eigenvalue weighted by atomic mass is 35.6. The van der Waals surface area contributed by atoms with E-state index in [4.69, 9.17) is 53.3 Å². The Kier molecular flexibility index (Phi) is 9.96. The summed E-state index contributed by atoms with van der Waals surface area (Å²) in [6, 6.07) is 0. The molecule has 1 aromatic heterocycles. The molecule has 0 aliphatic heterocycles. The van der Waals surface area contributed by atoms with Gasteiger partial charge in [0.15, 0.2) is 5.69 Å². The average Bonchev–Trinajstić information content (AvgIpc) is 3.06. The summed E-state index contributed by atoms with van der Waals surface area (Å²) in [6.45, 7) is 3.73. The van der Waals surface area contributed by atoms with E-state index in [9.17, 15) is 14.2 Å². The zero-order chi connectivity index (χ0) is 21.4. The first kappa shape index (κ1) is 24.9. The summed E-state index contributed by atoms with van der Waals surface area (Å²) < 4.78 is 32.9. The predicted octanol–water partition coefficient (Wildman–Crippen LogP) is 3.40. The molecule has 1 amide bonds. The van der Waals surface area contributed by atoms with Crippen molar-refractivity contribution in [2.75, 3.05) is 26.4 Å². The van der Waals surface area contributed by atoms with Gasteiger partial charge in [-0.2, -0.15) is 4.67 Å². The maximum absolute atomic E-state index is 13.1. The lowest BCUT2D eigenvalue weighted by Crippen LogP contribution is -2.34. The molecule has 0 bridgehead atoms. The molecule has 1 aromatic rings. The molecule has 0 radical (unpaired) electrons. The van der Waals surface area contributed by atoms with Crippen molar-refractivity contribution in [1.82, 2.24) is 19.7 Å². The summed E-state index contributed by atoms with van der Waals surface area (Å²) in [4.78, 5) is 24.2. The van der Waals surface area contributed by atoms with Crippen molar-refractivity contribution in [2.45, 2.75) is 31.2 Å². The molecule has 1 heterocycles. The second-order valence-corrected chi connectivity index (χ2v) is 9.33. The van der Waals surface area contributed by atoms with E-state index in [1.807, 2.05) is 0 Å². The molecule has 0 aromatic carbocycles. The number of hydrogen-bond acceptors (Lipinski definition) is 9. The predicted molar refractivity (Wildman–Crippen MR) is 100 cm³/mol. The lowest BCUT2D eigenvalue weighted by molar-refractivity contribution is 0.0519. The van der Waals surface area contributed by atoms with Crippen LogP contribution in [0.3, 0.4) is 0 Å². The number of amides is 1. The highest BCUT2D eigenvalue weighted by Crippen LogP contribution is 2.52. The van der Waals surface area contributed by atoms with Crippen molar-refractivity contribution >= 4 is 54.6 Å². The second kappa shape index (κ2) is 11.2. The molecule has 0 saturated carbocycles. The normalized spacial score (nSPS) is 11.9. The van der Waals surface area contributed by atoms with Crippen molar-refractivity contribution in [3.05, 3.63) is 11.9 Å². The van der Waals surface area contributed by atoms with Crippen LogP contribution in [0.15, 0.2) is 6.20 Å². The number of alkyl halides is 3. The molecule has 0 unspecified atom stereocenters. The molecule has 0 spiro atoms. The van der Waals surface area contributed by atoms with E-state index in [1.54, 1.807) is 20.8 Å². The first-order chi connectivity index (χ1) is 13.1. The van der Waals surface area contributed by atoms with Crippen molar-refractivity contribution < 1.29 is 32.7 Å². The van der Waals surface area contributed by atoms with E-state index in [-0.39, 0.29) is 25.5 Å². The topological polar surface area (TPSA) is 122 Å². The number of hydrogen-bond donors (Lipinski definition) is 0. The van der Waals surface area contributed by atoms with E-state index >= 15 is 0 Å². The van der Waals surface area contributed by atoms with Gasteiger partial charge in [0.2, 0.25) is 3.79 Å². The SMILES string of the molecule is CCOC(=O)c1cn(CN(C(=O)OCC(Cl)(Cl)Cl)P(=O)(OCC)OCC)nn1. The zero-order valence-electron chi connectivity index (χ0n) is 15.3. The summed E-state index contributed by atoms with van der Waals surface area (Å²) in [7, 11) is -4.14. The largest absolute Gasteiger partial charge is 0.461 e. The molecule has 0 aliphatic rings. The summed E-state index contributed by atoms with van der Waals surface area (Å²) in [6.07, 6.45) is 0.0415. The summed E-state index contributed by atoms with van der Waals surface area (Å²) in [5.41, 5.74) is -0.112. The molecule has 11 nitrogen and oxygen atoms in total. The molecule has 0 aliphatic carbocycles. The van der Waals surface area contributed by atoms with Crippen LogP contribution < -0.4 is 0 Å². The Bertz CT molecular complexity index is 703. The van der Waals surface area contributed by atoms with Gasteiger partial charge in [-0.25, -0.2) is 18.8 Å². The third-order valence-electron chi connectivity index (χ3n) is 2.75. The van der Waals surface area contributed by atoms with Crippen molar-refractivity contribution in [3.8, 4) is 0 Å². The molecule has 0 fully saturated rings. The molecule has 0 atom stereocenters. The number of carbonyl (C=O) groups excluding carboxylic acids is 2. The van der Waals surface area contributed by atoms with Gasteiger partial charge in [0.25, 0.3) is 0 Å². The van der Waals surface area contributed by atoms with E-state index in [1.165, 1.54) is 6.20 Å². The molecule has 0 saturated heterocycles. The Labute approximate surface area is 176 Å². The van der Waals surface area contributed by atoms with E-state index in [0.717, 1.165) is 4.68 Å². The number of rotatable bonds is 10. The van der Waals surface area contributed by atoms with Gasteiger partial charge in [0, 0.05) is 0 Å². The number of ether oxygens (including phenoxy) is 2. The van der Waals surface area contributed by atoms with E-state index in [2.05, 4.69) is 10.3 Å². The minimum Gasteiger partial charge on any atom is -0.461 e. The fourth-order valence-corrected chi connectivity index (χ4v) is 3.47. The third-order valence-corrected chi connectivity index (χ3v) is 5.13. The van der Waals surface area contributed by atoms with Gasteiger partial charge in [0.05, 0.1) is 26.0 Å². The third kappa shape index (κ3) is 7.73. The number of carbonyl (C=O) groups is 2. The van der Waals surface area contributed by atoms with Crippen LogP contribution in [0.2, 0.25) is 0 Å². The van der Waals surface area contributed by atoms with Crippen LogP contribution in [-0.4, -0.2) is 61.9 Å². The van der Waals surface area contributed by atoms with Crippen molar-refractivity contribution in [2.24, 2.45) is 0 Å². The highest BCUT2D eigenvalue weighted by Gasteiger charge is 2.40. The highest BCUT2D eigenvalue weighted by molar-refractivity contribution is 7.52. The van der Waals surface area contributed by atoms with Gasteiger partial charge < -0.3 is 9.47 Å². The van der Waals surface area contributed by atoms with Gasteiger partial charge in [0.1, 0.15) is 13.3 Å². The van der Waals surface area contributed by atoms with Crippen LogP contribution in [0.5, 0.6) is 0 Å². The Morgan fingerprint density at radius 1 is 1.14 bits per heavy atom. The maximum atomic E-state index is 13.1. The Balaban J connectivity index is 3.11.